The van der Waals surface area contributed by atoms with Crippen molar-refractivity contribution in [3.05, 3.63) is 54.0 Å². The molecule has 5 nitrogen and oxygen atoms in total. The topological polar surface area (TPSA) is 62.7 Å². The van der Waals surface area contributed by atoms with Gasteiger partial charge in [0, 0.05) is 29.8 Å². The van der Waals surface area contributed by atoms with Gasteiger partial charge in [0.1, 0.15) is 6.54 Å². The number of carbonyl (C=O) groups excluding carboxylic acids is 1. The second-order valence-corrected chi connectivity index (χ2v) is 5.36. The van der Waals surface area contributed by atoms with Gasteiger partial charge in [-0.2, -0.15) is 18.3 Å². The Balaban J connectivity index is 1.52. The lowest BCUT2D eigenvalue weighted by atomic mass is 10.1. The Morgan fingerprint density at radius 2 is 2.04 bits per heavy atom. The molecule has 24 heavy (non-hydrogen) atoms. The number of para-hydroxylation sites is 1. The molecule has 2 aromatic heterocycles. The van der Waals surface area contributed by atoms with Gasteiger partial charge in [0.15, 0.2) is 5.69 Å². The lowest BCUT2D eigenvalue weighted by molar-refractivity contribution is -0.141. The first-order valence-electron chi connectivity index (χ1n) is 7.36. The lowest BCUT2D eigenvalue weighted by Crippen LogP contribution is -2.29. The number of hydrogen-bond donors (Lipinski definition) is 2. The number of nitrogens with zero attached hydrogens (tertiary/aromatic N) is 2. The van der Waals surface area contributed by atoms with Crippen LogP contribution in [0.4, 0.5) is 13.2 Å². The van der Waals surface area contributed by atoms with Gasteiger partial charge in [0.25, 0.3) is 0 Å². The van der Waals surface area contributed by atoms with Crippen molar-refractivity contribution in [2.24, 2.45) is 0 Å². The Hall–Kier alpha value is -2.77. The quantitative estimate of drug-likeness (QED) is 0.752. The van der Waals surface area contributed by atoms with Gasteiger partial charge in [-0.25, -0.2) is 0 Å². The number of nitrogens with one attached hydrogen (secondary N) is 2. The fourth-order valence-corrected chi connectivity index (χ4v) is 2.48. The van der Waals surface area contributed by atoms with Crippen molar-refractivity contribution in [2.75, 3.05) is 6.54 Å². The van der Waals surface area contributed by atoms with E-state index in [1.165, 1.54) is 0 Å². The minimum absolute atomic E-state index is 0.246. The fraction of sp³-hybridized carbons (Fsp3) is 0.250. The highest BCUT2D eigenvalue weighted by Crippen LogP contribution is 2.27. The summed E-state index contributed by atoms with van der Waals surface area (Å²) in [7, 11) is 0. The molecule has 0 saturated carbocycles. The molecule has 1 amide bonds. The number of alkyl halides is 3. The average Bonchev–Trinajstić information content (AvgIpc) is 3.14. The smallest absolute Gasteiger partial charge is 0.361 e. The highest BCUT2D eigenvalue weighted by atomic mass is 19.4. The lowest BCUT2D eigenvalue weighted by Gasteiger charge is -2.05. The van der Waals surface area contributed by atoms with Crippen LogP contribution in [0.15, 0.2) is 42.7 Å². The molecule has 0 bridgehead atoms. The predicted octanol–water partition coefficient (Wildman–Crippen LogP) is 2.74. The summed E-state index contributed by atoms with van der Waals surface area (Å²) in [6.07, 6.45) is -0.846. The van der Waals surface area contributed by atoms with Crippen LogP contribution in [0, 0.1) is 0 Å². The van der Waals surface area contributed by atoms with Gasteiger partial charge in [0.05, 0.1) is 0 Å². The van der Waals surface area contributed by atoms with E-state index in [-0.39, 0.29) is 12.5 Å². The first-order chi connectivity index (χ1) is 11.4. The first-order valence-corrected chi connectivity index (χ1v) is 7.36. The van der Waals surface area contributed by atoms with Crippen molar-refractivity contribution < 1.29 is 18.0 Å². The van der Waals surface area contributed by atoms with Gasteiger partial charge in [0.2, 0.25) is 5.91 Å². The third kappa shape index (κ3) is 3.58. The summed E-state index contributed by atoms with van der Waals surface area (Å²) in [5.41, 5.74) is 1.09. The second kappa shape index (κ2) is 6.38. The maximum absolute atomic E-state index is 12.4. The van der Waals surface area contributed by atoms with Crippen molar-refractivity contribution in [2.45, 2.75) is 19.1 Å². The molecule has 0 aliphatic heterocycles. The zero-order valence-corrected chi connectivity index (χ0v) is 12.6. The molecular formula is C16H15F3N4O. The van der Waals surface area contributed by atoms with Crippen LogP contribution >= 0.6 is 0 Å². The summed E-state index contributed by atoms with van der Waals surface area (Å²) in [6, 6.07) is 8.68. The summed E-state index contributed by atoms with van der Waals surface area (Å²) in [4.78, 5) is 15.0. The average molecular weight is 336 g/mol. The Bertz CT molecular complexity index is 850. The number of hydrogen-bond acceptors (Lipinski definition) is 2. The third-order valence-electron chi connectivity index (χ3n) is 3.63. The van der Waals surface area contributed by atoms with Crippen molar-refractivity contribution >= 4 is 16.8 Å². The standard InChI is InChI=1S/C16H15F3N4O/c17-16(18,19)14-6-8-23(22-14)10-15(24)20-7-5-11-9-21-13-4-2-1-3-12(11)13/h1-4,6,8-9,21H,5,7,10H2,(H,20,24). The van der Waals surface area contributed by atoms with Crippen LogP contribution in [-0.4, -0.2) is 27.2 Å². The maximum Gasteiger partial charge on any atom is 0.435 e. The van der Waals surface area contributed by atoms with Crippen molar-refractivity contribution in [3.8, 4) is 0 Å². The van der Waals surface area contributed by atoms with E-state index in [0.717, 1.165) is 33.4 Å². The molecule has 2 heterocycles. The van der Waals surface area contributed by atoms with Crippen LogP contribution in [-0.2, 0) is 23.9 Å². The highest BCUT2D eigenvalue weighted by Gasteiger charge is 2.33. The molecule has 0 aliphatic carbocycles. The van der Waals surface area contributed by atoms with E-state index in [2.05, 4.69) is 15.4 Å². The van der Waals surface area contributed by atoms with Crippen LogP contribution < -0.4 is 5.32 Å². The van der Waals surface area contributed by atoms with E-state index in [4.69, 9.17) is 0 Å². The number of carbonyl (C=O) groups is 1. The van der Waals surface area contributed by atoms with Gasteiger partial charge < -0.3 is 10.3 Å². The summed E-state index contributed by atoms with van der Waals surface area (Å²) >= 11 is 0. The first kappa shape index (κ1) is 16.1. The maximum atomic E-state index is 12.4. The number of benzene rings is 1. The van der Waals surface area contributed by atoms with E-state index < -0.39 is 11.9 Å². The molecule has 0 aliphatic rings. The zero-order chi connectivity index (χ0) is 17.2. The van der Waals surface area contributed by atoms with E-state index >= 15 is 0 Å². The van der Waals surface area contributed by atoms with E-state index in [1.54, 1.807) is 0 Å². The van der Waals surface area contributed by atoms with Crippen LogP contribution in [0.5, 0.6) is 0 Å². The van der Waals surface area contributed by atoms with Crippen LogP contribution in [0.3, 0.4) is 0 Å². The molecule has 0 spiro atoms. The highest BCUT2D eigenvalue weighted by molar-refractivity contribution is 5.83. The second-order valence-electron chi connectivity index (χ2n) is 5.36. The molecule has 0 unspecified atom stereocenters. The monoisotopic (exact) mass is 336 g/mol. The molecule has 2 N–H and O–H groups in total. The summed E-state index contributed by atoms with van der Waals surface area (Å²) in [6.45, 7) is 0.151. The van der Waals surface area contributed by atoms with Gasteiger partial charge in [-0.3, -0.25) is 9.48 Å². The van der Waals surface area contributed by atoms with Gasteiger partial charge >= 0.3 is 6.18 Å². The molecular weight excluding hydrogens is 321 g/mol. The third-order valence-corrected chi connectivity index (χ3v) is 3.63. The normalized spacial score (nSPS) is 11.8. The Morgan fingerprint density at radius 3 is 2.79 bits per heavy atom. The number of fused-ring (bicyclic) bond motifs is 1. The van der Waals surface area contributed by atoms with E-state index in [0.29, 0.717) is 13.0 Å². The summed E-state index contributed by atoms with van der Waals surface area (Å²) in [5.74, 6) is -0.383. The molecule has 1 aromatic carbocycles. The molecule has 8 heteroatoms. The van der Waals surface area contributed by atoms with Gasteiger partial charge in [-0.1, -0.05) is 18.2 Å². The number of H-pyrrole nitrogens is 1. The van der Waals surface area contributed by atoms with Crippen LogP contribution in [0.25, 0.3) is 10.9 Å². The van der Waals surface area contributed by atoms with E-state index in [9.17, 15) is 18.0 Å². The Kier molecular flexibility index (Phi) is 4.28. The number of rotatable bonds is 5. The van der Waals surface area contributed by atoms with Crippen LogP contribution in [0.1, 0.15) is 11.3 Å². The largest absolute Gasteiger partial charge is 0.435 e. The molecule has 3 rings (SSSR count). The molecule has 0 saturated heterocycles. The summed E-state index contributed by atoms with van der Waals surface area (Å²) in [5, 5.41) is 7.12. The SMILES string of the molecule is O=C(Cn1ccc(C(F)(F)F)n1)NCCc1c[nH]c2ccccc12. The summed E-state index contributed by atoms with van der Waals surface area (Å²) < 4.78 is 38.3. The molecule has 0 atom stereocenters. The molecule has 126 valence electrons. The fourth-order valence-electron chi connectivity index (χ4n) is 2.48. The zero-order valence-electron chi connectivity index (χ0n) is 12.6. The van der Waals surface area contributed by atoms with Crippen molar-refractivity contribution in [3.63, 3.8) is 0 Å². The Morgan fingerprint density at radius 1 is 1.25 bits per heavy atom. The molecule has 0 fully saturated rings. The van der Waals surface area contributed by atoms with Gasteiger partial charge in [-0.15, -0.1) is 0 Å². The molecule has 0 radical (unpaired) electrons. The van der Waals surface area contributed by atoms with Crippen molar-refractivity contribution in [1.29, 1.82) is 0 Å². The van der Waals surface area contributed by atoms with E-state index in [1.807, 2.05) is 30.5 Å². The Labute approximate surface area is 135 Å². The van der Waals surface area contributed by atoms with Crippen molar-refractivity contribution in [1.82, 2.24) is 20.1 Å². The van der Waals surface area contributed by atoms with Gasteiger partial charge in [-0.05, 0) is 24.1 Å². The number of aromatic amines is 1. The molecule has 3 aromatic rings. The number of amides is 1. The minimum Gasteiger partial charge on any atom is -0.361 e. The predicted molar refractivity (Wildman–Crippen MR) is 82.2 cm³/mol. The number of aromatic nitrogens is 3. The number of halogens is 3. The van der Waals surface area contributed by atoms with Crippen LogP contribution in [0.2, 0.25) is 0 Å². The minimum atomic E-state index is -4.50.